The first-order chi connectivity index (χ1) is 7.29. The van der Waals surface area contributed by atoms with Crippen molar-refractivity contribution in [2.24, 2.45) is 10.9 Å². The SMILES string of the molecule is C=CC(C/C=C/CC)C(C=C)N=C.CC. The lowest BCUT2D eigenvalue weighted by Crippen LogP contribution is -2.12. The molecule has 0 spiro atoms. The molecule has 2 atom stereocenters. The van der Waals surface area contributed by atoms with E-state index in [1.807, 2.05) is 26.0 Å². The number of allylic oxidation sites excluding steroid dienone is 2. The molecule has 0 aliphatic rings. The van der Waals surface area contributed by atoms with Gasteiger partial charge in [0.15, 0.2) is 0 Å². The van der Waals surface area contributed by atoms with Crippen LogP contribution in [0.3, 0.4) is 0 Å². The summed E-state index contributed by atoms with van der Waals surface area (Å²) in [5, 5.41) is 0. The zero-order chi connectivity index (χ0) is 12.1. The van der Waals surface area contributed by atoms with E-state index in [2.05, 4.69) is 43.9 Å². The average molecular weight is 207 g/mol. The van der Waals surface area contributed by atoms with E-state index in [9.17, 15) is 0 Å². The van der Waals surface area contributed by atoms with Crippen molar-refractivity contribution in [1.29, 1.82) is 0 Å². The fourth-order valence-electron chi connectivity index (χ4n) is 1.18. The van der Waals surface area contributed by atoms with Gasteiger partial charge in [0, 0.05) is 5.92 Å². The molecule has 0 aromatic carbocycles. The first-order valence-corrected chi connectivity index (χ1v) is 5.66. The van der Waals surface area contributed by atoms with Crippen molar-refractivity contribution < 1.29 is 0 Å². The summed E-state index contributed by atoms with van der Waals surface area (Å²) in [4.78, 5) is 3.98. The quantitative estimate of drug-likeness (QED) is 0.432. The molecule has 15 heavy (non-hydrogen) atoms. The minimum absolute atomic E-state index is 0.0963. The second-order valence-corrected chi connectivity index (χ2v) is 2.92. The third-order valence-corrected chi connectivity index (χ3v) is 2.00. The summed E-state index contributed by atoms with van der Waals surface area (Å²) < 4.78 is 0. The van der Waals surface area contributed by atoms with E-state index in [1.54, 1.807) is 0 Å². The molecule has 0 aromatic heterocycles. The zero-order valence-corrected chi connectivity index (χ0v) is 10.4. The fourth-order valence-corrected chi connectivity index (χ4v) is 1.18. The van der Waals surface area contributed by atoms with Gasteiger partial charge in [-0.15, -0.1) is 13.2 Å². The third-order valence-electron chi connectivity index (χ3n) is 2.00. The van der Waals surface area contributed by atoms with Crippen molar-refractivity contribution in [1.82, 2.24) is 0 Å². The van der Waals surface area contributed by atoms with E-state index < -0.39 is 0 Å². The molecule has 0 aliphatic carbocycles. The molecule has 0 amide bonds. The zero-order valence-electron chi connectivity index (χ0n) is 10.4. The van der Waals surface area contributed by atoms with Gasteiger partial charge in [-0.2, -0.15) is 0 Å². The van der Waals surface area contributed by atoms with E-state index in [1.165, 1.54) is 0 Å². The largest absolute Gasteiger partial charge is 0.293 e. The van der Waals surface area contributed by atoms with Crippen molar-refractivity contribution in [3.8, 4) is 0 Å². The first-order valence-electron chi connectivity index (χ1n) is 5.66. The molecular formula is C14H25N. The Balaban J connectivity index is 0. The van der Waals surface area contributed by atoms with Crippen LogP contribution in [0.1, 0.15) is 33.6 Å². The van der Waals surface area contributed by atoms with E-state index in [0.717, 1.165) is 12.8 Å². The van der Waals surface area contributed by atoms with Gasteiger partial charge in [-0.25, -0.2) is 0 Å². The van der Waals surface area contributed by atoms with Gasteiger partial charge in [-0.1, -0.05) is 45.1 Å². The van der Waals surface area contributed by atoms with Crippen LogP contribution in [0.25, 0.3) is 0 Å². The molecule has 0 saturated carbocycles. The lowest BCUT2D eigenvalue weighted by molar-refractivity contribution is 0.590. The van der Waals surface area contributed by atoms with Gasteiger partial charge in [0.25, 0.3) is 0 Å². The Hall–Kier alpha value is -1.11. The van der Waals surface area contributed by atoms with E-state index in [0.29, 0.717) is 5.92 Å². The van der Waals surface area contributed by atoms with Gasteiger partial charge < -0.3 is 0 Å². The molecule has 1 nitrogen and oxygen atoms in total. The maximum Gasteiger partial charge on any atom is 0.0735 e. The highest BCUT2D eigenvalue weighted by atomic mass is 14.7. The molecule has 0 rings (SSSR count). The molecular weight excluding hydrogens is 182 g/mol. The molecule has 0 heterocycles. The van der Waals surface area contributed by atoms with Gasteiger partial charge in [-0.05, 0) is 19.6 Å². The van der Waals surface area contributed by atoms with Crippen LogP contribution < -0.4 is 0 Å². The predicted octanol–water partition coefficient (Wildman–Crippen LogP) is 4.43. The van der Waals surface area contributed by atoms with Gasteiger partial charge in [0.1, 0.15) is 0 Å². The van der Waals surface area contributed by atoms with Crippen LogP contribution in [0.2, 0.25) is 0 Å². The summed E-state index contributed by atoms with van der Waals surface area (Å²) in [5.41, 5.74) is 0. The second kappa shape index (κ2) is 12.9. The summed E-state index contributed by atoms with van der Waals surface area (Å²) in [7, 11) is 0. The van der Waals surface area contributed by atoms with Crippen molar-refractivity contribution in [3.05, 3.63) is 37.5 Å². The standard InChI is InChI=1S/C12H19N.C2H6/c1-5-8-9-10-11(6-2)12(7-3)13-4;1-2/h6-9,11-12H,2-5,10H2,1H3;1-2H3/b9-8+;. The Morgan fingerprint density at radius 3 is 2.07 bits per heavy atom. The third kappa shape index (κ3) is 7.92. The Morgan fingerprint density at radius 2 is 1.73 bits per heavy atom. The summed E-state index contributed by atoms with van der Waals surface area (Å²) in [5.74, 6) is 0.331. The maximum absolute atomic E-state index is 3.98. The minimum atomic E-state index is 0.0963. The number of hydrogen-bond acceptors (Lipinski definition) is 1. The lowest BCUT2D eigenvalue weighted by Gasteiger charge is -2.14. The Kier molecular flexibility index (Phi) is 14.0. The van der Waals surface area contributed by atoms with Crippen LogP contribution in [0.15, 0.2) is 42.5 Å². The predicted molar refractivity (Wildman–Crippen MR) is 72.6 cm³/mol. The highest BCUT2D eigenvalue weighted by Crippen LogP contribution is 2.15. The highest BCUT2D eigenvalue weighted by molar-refractivity contribution is 5.26. The number of nitrogens with zero attached hydrogens (tertiary/aromatic N) is 1. The highest BCUT2D eigenvalue weighted by Gasteiger charge is 2.10. The van der Waals surface area contributed by atoms with Gasteiger partial charge >= 0.3 is 0 Å². The van der Waals surface area contributed by atoms with Gasteiger partial charge in [-0.3, -0.25) is 4.99 Å². The molecule has 0 bridgehead atoms. The van der Waals surface area contributed by atoms with Crippen LogP contribution >= 0.6 is 0 Å². The minimum Gasteiger partial charge on any atom is -0.293 e. The van der Waals surface area contributed by atoms with Crippen LogP contribution in [0, 0.1) is 5.92 Å². The normalized spacial score (nSPS) is 13.5. The number of rotatable bonds is 7. The number of hydrogen-bond donors (Lipinski definition) is 0. The average Bonchev–Trinajstić information content (AvgIpc) is 2.31. The van der Waals surface area contributed by atoms with Crippen molar-refractivity contribution in [2.45, 2.75) is 39.7 Å². The van der Waals surface area contributed by atoms with Crippen LogP contribution in [0.4, 0.5) is 0 Å². The monoisotopic (exact) mass is 207 g/mol. The molecule has 0 aliphatic heterocycles. The molecule has 1 heteroatoms. The van der Waals surface area contributed by atoms with Crippen molar-refractivity contribution in [2.75, 3.05) is 0 Å². The number of aliphatic imine (C=N–C) groups is 1. The smallest absolute Gasteiger partial charge is 0.0735 e. The molecule has 0 fully saturated rings. The molecule has 0 saturated heterocycles. The van der Waals surface area contributed by atoms with Crippen molar-refractivity contribution >= 4 is 6.72 Å². The second-order valence-electron chi connectivity index (χ2n) is 2.92. The molecule has 0 N–H and O–H groups in total. The fraction of sp³-hybridized carbons (Fsp3) is 0.500. The molecule has 86 valence electrons. The molecule has 0 radical (unpaired) electrons. The van der Waals surface area contributed by atoms with Crippen molar-refractivity contribution in [3.63, 3.8) is 0 Å². The van der Waals surface area contributed by atoms with Crippen LogP contribution in [0.5, 0.6) is 0 Å². The van der Waals surface area contributed by atoms with E-state index in [4.69, 9.17) is 0 Å². The van der Waals surface area contributed by atoms with Crippen LogP contribution in [-0.2, 0) is 0 Å². The first kappa shape index (κ1) is 16.3. The Labute approximate surface area is 95.3 Å². The maximum atomic E-state index is 3.98. The Bertz CT molecular complexity index is 184. The summed E-state index contributed by atoms with van der Waals surface area (Å²) in [6.07, 6.45) is 10.1. The summed E-state index contributed by atoms with van der Waals surface area (Å²) >= 11 is 0. The summed E-state index contributed by atoms with van der Waals surface area (Å²) in [6.45, 7) is 17.2. The van der Waals surface area contributed by atoms with Crippen LogP contribution in [-0.4, -0.2) is 12.8 Å². The lowest BCUT2D eigenvalue weighted by atomic mass is 9.96. The van der Waals surface area contributed by atoms with E-state index in [-0.39, 0.29) is 6.04 Å². The van der Waals surface area contributed by atoms with Gasteiger partial charge in [0.05, 0.1) is 6.04 Å². The summed E-state index contributed by atoms with van der Waals surface area (Å²) in [6, 6.07) is 0.0963. The molecule has 0 aromatic rings. The van der Waals surface area contributed by atoms with E-state index >= 15 is 0 Å². The van der Waals surface area contributed by atoms with Gasteiger partial charge in [0.2, 0.25) is 0 Å². The topological polar surface area (TPSA) is 12.4 Å². The Morgan fingerprint density at radius 1 is 1.13 bits per heavy atom. The molecule has 2 unspecified atom stereocenters.